The molecule has 3 aromatic rings. The van der Waals surface area contributed by atoms with E-state index in [1.54, 1.807) is 11.0 Å². The Labute approximate surface area is 251 Å². The third-order valence-electron chi connectivity index (χ3n) is 7.22. The van der Waals surface area contributed by atoms with Crippen molar-refractivity contribution in [1.29, 1.82) is 0 Å². The van der Waals surface area contributed by atoms with Gasteiger partial charge in [0.05, 0.1) is 26.1 Å². The van der Waals surface area contributed by atoms with Gasteiger partial charge in [0.2, 0.25) is 0 Å². The Morgan fingerprint density at radius 1 is 0.868 bits per heavy atom. The predicted octanol–water partition coefficient (Wildman–Crippen LogP) is 0.324. The molecule has 210 valence electrons. The van der Waals surface area contributed by atoms with Crippen LogP contribution in [0.25, 0.3) is 22.7 Å². The van der Waals surface area contributed by atoms with Crippen LogP contribution in [-0.2, 0) is 6.54 Å². The molecule has 3 rings (SSSR count). The number of quaternary nitrogens is 1. The zero-order valence-electron chi connectivity index (χ0n) is 23.7. The number of hydrogen-bond donors (Lipinski definition) is 1. The van der Waals surface area contributed by atoms with Crippen LogP contribution in [0.5, 0.6) is 0 Å². The summed E-state index contributed by atoms with van der Waals surface area (Å²) in [6.45, 7) is 15.6. The van der Waals surface area contributed by atoms with E-state index in [9.17, 15) is 0 Å². The van der Waals surface area contributed by atoms with E-state index in [1.165, 1.54) is 51.0 Å². The maximum Gasteiger partial charge on any atom is 0.169 e. The fourth-order valence-corrected chi connectivity index (χ4v) is 4.79. The zero-order valence-corrected chi connectivity index (χ0v) is 26.8. The molecule has 1 heterocycles. The van der Waals surface area contributed by atoms with Crippen molar-refractivity contribution in [2.24, 2.45) is 0 Å². The van der Waals surface area contributed by atoms with E-state index in [0.717, 1.165) is 42.4 Å². The maximum absolute atomic E-state index is 15.3. The molecule has 0 unspecified atom stereocenters. The van der Waals surface area contributed by atoms with Gasteiger partial charge in [-0.1, -0.05) is 51.0 Å². The van der Waals surface area contributed by atoms with Crippen molar-refractivity contribution in [2.75, 3.05) is 37.6 Å². The Bertz CT molecular complexity index is 1090. The van der Waals surface area contributed by atoms with E-state index < -0.39 is 0 Å². The number of nitrogens with one attached hydrogen (secondary N) is 1. The highest BCUT2D eigenvalue weighted by molar-refractivity contribution is 5.95. The van der Waals surface area contributed by atoms with Crippen molar-refractivity contribution >= 4 is 28.4 Å². The molecule has 1 aromatic heterocycles. The van der Waals surface area contributed by atoms with Gasteiger partial charge in [-0.15, -0.1) is 0 Å². The van der Waals surface area contributed by atoms with Gasteiger partial charge in [-0.05, 0) is 61.2 Å². The van der Waals surface area contributed by atoms with E-state index in [-0.39, 0.29) is 39.8 Å². The minimum absolute atomic E-state index is 0. The topological polar surface area (TPSA) is 11.6 Å². The molecule has 0 radical (unpaired) electrons. The fraction of sp³-hybridized carbons (Fsp3) is 0.469. The van der Waals surface area contributed by atoms with E-state index >= 15 is 4.39 Å². The van der Waals surface area contributed by atoms with Gasteiger partial charge in [-0.2, -0.15) is 0 Å². The second kappa shape index (κ2) is 18.5. The largest absolute Gasteiger partial charge is 1.00 e. The summed E-state index contributed by atoms with van der Waals surface area (Å²) in [6, 6.07) is 16.6. The highest BCUT2D eigenvalue weighted by atomic mass is 79.9. The van der Waals surface area contributed by atoms with Crippen molar-refractivity contribution in [3.8, 4) is 0 Å². The lowest BCUT2D eigenvalue weighted by Crippen LogP contribution is -3.11. The second-order valence-electron chi connectivity index (χ2n) is 9.82. The van der Waals surface area contributed by atoms with Gasteiger partial charge in [0.25, 0.3) is 0 Å². The quantitative estimate of drug-likeness (QED) is 0.234. The van der Waals surface area contributed by atoms with Crippen LogP contribution < -0.4 is 48.3 Å². The number of rotatable bonds is 15. The molecule has 0 amide bonds. The first-order valence-electron chi connectivity index (χ1n) is 14.1. The first-order chi connectivity index (χ1) is 17.6. The van der Waals surface area contributed by atoms with Gasteiger partial charge < -0.3 is 43.8 Å². The number of benzene rings is 2. The zero-order chi connectivity index (χ0) is 25.8. The smallest absolute Gasteiger partial charge is 0.169 e. The molecule has 2 aromatic carbocycles. The van der Waals surface area contributed by atoms with Gasteiger partial charge in [-0.25, -0.2) is 8.96 Å². The molecule has 0 atom stereocenters. The number of fused-ring (bicyclic) bond motifs is 1. The average molecular weight is 652 g/mol. The molecule has 0 spiro atoms. The summed E-state index contributed by atoms with van der Waals surface area (Å²) in [4.78, 5) is 4.12. The number of anilines is 1. The summed E-state index contributed by atoms with van der Waals surface area (Å²) in [5.74, 6) is -0.196. The maximum atomic E-state index is 15.3. The van der Waals surface area contributed by atoms with Crippen molar-refractivity contribution in [2.45, 2.75) is 66.3 Å². The molecule has 0 aliphatic rings. The number of pyridine rings is 1. The number of aromatic nitrogens is 1. The van der Waals surface area contributed by atoms with Crippen LogP contribution in [0.4, 0.5) is 10.1 Å². The number of halogens is 3. The lowest BCUT2D eigenvalue weighted by atomic mass is 10.0. The van der Waals surface area contributed by atoms with Gasteiger partial charge >= 0.3 is 0 Å². The first-order valence-corrected chi connectivity index (χ1v) is 14.1. The molecule has 0 aliphatic carbocycles. The van der Waals surface area contributed by atoms with Crippen LogP contribution in [0.15, 0.2) is 60.9 Å². The average Bonchev–Trinajstić information content (AvgIpc) is 2.91. The Balaban J connectivity index is 0.00000361. The van der Waals surface area contributed by atoms with E-state index in [0.29, 0.717) is 5.56 Å². The van der Waals surface area contributed by atoms with Crippen molar-refractivity contribution in [1.82, 2.24) is 0 Å². The second-order valence-corrected chi connectivity index (χ2v) is 9.82. The summed E-state index contributed by atoms with van der Waals surface area (Å²) < 4.78 is 17.4. The number of aryl methyl sites for hydroxylation is 1. The number of hydrogen-bond acceptors (Lipinski definition) is 1. The van der Waals surface area contributed by atoms with E-state index in [1.807, 2.05) is 36.7 Å². The minimum Gasteiger partial charge on any atom is -1.00 e. The molecular formula is C32H46Br2FN3. The highest BCUT2D eigenvalue weighted by Gasteiger charge is 2.10. The van der Waals surface area contributed by atoms with Crippen molar-refractivity contribution < 1.29 is 47.8 Å². The Morgan fingerprint density at radius 2 is 1.53 bits per heavy atom. The number of unbranched alkanes of at least 4 members (excludes halogenated alkanes) is 2. The molecule has 1 N–H and O–H groups in total. The molecule has 0 saturated carbocycles. The van der Waals surface area contributed by atoms with E-state index in [4.69, 9.17) is 0 Å². The van der Waals surface area contributed by atoms with E-state index in [2.05, 4.69) is 61.4 Å². The van der Waals surface area contributed by atoms with Crippen LogP contribution in [0.2, 0.25) is 0 Å². The Hall–Kier alpha value is -1.76. The summed E-state index contributed by atoms with van der Waals surface area (Å²) in [5, 5.41) is 2.25. The van der Waals surface area contributed by atoms with Crippen LogP contribution >= 0.6 is 0 Å². The van der Waals surface area contributed by atoms with Gasteiger partial charge in [0.1, 0.15) is 5.83 Å². The molecule has 0 aliphatic heterocycles. The molecule has 0 fully saturated rings. The summed E-state index contributed by atoms with van der Waals surface area (Å²) in [7, 11) is 0. The third-order valence-corrected chi connectivity index (χ3v) is 7.22. The molecule has 6 heteroatoms. The highest BCUT2D eigenvalue weighted by Crippen LogP contribution is 2.28. The lowest BCUT2D eigenvalue weighted by Gasteiger charge is -2.25. The van der Waals surface area contributed by atoms with Crippen molar-refractivity contribution in [3.05, 3.63) is 72.1 Å². The Morgan fingerprint density at radius 3 is 2.13 bits per heavy atom. The normalized spacial score (nSPS) is 11.4. The number of nitrogens with zero attached hydrogens (tertiary/aromatic N) is 2. The van der Waals surface area contributed by atoms with Gasteiger partial charge in [0.15, 0.2) is 18.9 Å². The first kappa shape index (κ1) is 34.3. The summed E-state index contributed by atoms with van der Waals surface area (Å²) in [6.07, 6.45) is 11.6. The predicted molar refractivity (Wildman–Crippen MR) is 153 cm³/mol. The molecule has 0 saturated heterocycles. The van der Waals surface area contributed by atoms with Crippen LogP contribution in [0.1, 0.15) is 70.9 Å². The standard InChI is InChI=1S/C32H45FN3.2BrH/c1-5-9-21-36(22-10-6-2)30-15-16-31-28(25-30)13-11-14-29(31)26-32(33)27-17-23-35(24-18-27)20-12-19-34(7-3)8-4;;/h11,13-18,23-26H,5-10,12,19-22H2,1-4H3;2*1H/q+1;;/p-1/b32-26-;;. The third kappa shape index (κ3) is 10.1. The van der Waals surface area contributed by atoms with Gasteiger partial charge in [0, 0.05) is 36.5 Å². The van der Waals surface area contributed by atoms with Crippen LogP contribution in [0.3, 0.4) is 0 Å². The monoisotopic (exact) mass is 649 g/mol. The SMILES string of the molecule is CCCCN(CCCC)c1ccc2c(/C=C(\F)c3cc[n+](CCC[NH+](CC)CC)cc3)cccc2c1.[Br-].[Br-]. The van der Waals surface area contributed by atoms with Gasteiger partial charge in [-0.3, -0.25) is 0 Å². The fourth-order valence-electron chi connectivity index (χ4n) is 4.79. The van der Waals surface area contributed by atoms with Crippen molar-refractivity contribution in [3.63, 3.8) is 0 Å². The van der Waals surface area contributed by atoms with Crippen LogP contribution in [0, 0.1) is 0 Å². The molecule has 38 heavy (non-hydrogen) atoms. The Kier molecular flexibility index (Phi) is 16.7. The summed E-state index contributed by atoms with van der Waals surface area (Å²) >= 11 is 0. The lowest BCUT2D eigenvalue weighted by molar-refractivity contribution is -0.898. The minimum atomic E-state index is -0.196. The van der Waals surface area contributed by atoms with Crippen LogP contribution in [-0.4, -0.2) is 32.7 Å². The molecule has 0 bridgehead atoms. The summed E-state index contributed by atoms with van der Waals surface area (Å²) in [5.41, 5.74) is 2.81. The molecule has 3 nitrogen and oxygen atoms in total. The molecular weight excluding hydrogens is 605 g/mol.